The lowest BCUT2D eigenvalue weighted by molar-refractivity contribution is -0.139. The molecule has 0 aliphatic carbocycles. The number of hydrogen-bond donors (Lipinski definition) is 1. The van der Waals surface area contributed by atoms with Crippen LogP contribution in [0.4, 0.5) is 0 Å². The van der Waals surface area contributed by atoms with Gasteiger partial charge in [-0.3, -0.25) is 4.79 Å². The van der Waals surface area contributed by atoms with Crippen LogP contribution in [0.25, 0.3) is 0 Å². The van der Waals surface area contributed by atoms with Crippen LogP contribution in [0.1, 0.15) is 46.7 Å². The number of carbonyl (C=O) groups is 1. The highest BCUT2D eigenvalue weighted by molar-refractivity contribution is 5.67. The lowest BCUT2D eigenvalue weighted by atomic mass is 9.93. The molecule has 0 saturated carbocycles. The van der Waals surface area contributed by atoms with Crippen LogP contribution in [0.15, 0.2) is 6.20 Å². The number of carboxylic acid groups (broad SMARTS) is 1. The molecule has 0 atom stereocenters. The molecule has 0 bridgehead atoms. The van der Waals surface area contributed by atoms with Crippen molar-refractivity contribution in [3.05, 3.63) is 11.9 Å². The van der Waals surface area contributed by atoms with Crippen LogP contribution in [0.2, 0.25) is 0 Å². The maximum atomic E-state index is 10.7. The van der Waals surface area contributed by atoms with Crippen molar-refractivity contribution in [2.75, 3.05) is 0 Å². The van der Waals surface area contributed by atoms with Gasteiger partial charge in [0, 0.05) is 11.6 Å². The Kier molecular flexibility index (Phi) is 3.08. The minimum absolute atomic E-state index is 0.0277. The van der Waals surface area contributed by atoms with Crippen LogP contribution in [0, 0.1) is 0 Å². The Hall–Kier alpha value is -1.39. The molecule has 5 nitrogen and oxygen atoms in total. The van der Waals surface area contributed by atoms with Gasteiger partial charge in [0.2, 0.25) is 0 Å². The summed E-state index contributed by atoms with van der Waals surface area (Å²) >= 11 is 0. The molecule has 0 fully saturated rings. The Balaban J connectivity index is 2.97. The average molecular weight is 225 g/mol. The Morgan fingerprint density at radius 3 is 2.31 bits per heavy atom. The molecular formula is C11H19N3O2. The fourth-order valence-electron chi connectivity index (χ4n) is 1.35. The van der Waals surface area contributed by atoms with Crippen molar-refractivity contribution in [1.29, 1.82) is 0 Å². The van der Waals surface area contributed by atoms with Gasteiger partial charge >= 0.3 is 5.97 Å². The van der Waals surface area contributed by atoms with Gasteiger partial charge in [0.1, 0.15) is 0 Å². The maximum absolute atomic E-state index is 10.7. The standard InChI is InChI=1S/C11H19N3O2/c1-10(2,3)8-7-14(13-12-8)11(4,5)6-9(15)16/h7H,6H2,1-5H3,(H,15,16). The van der Waals surface area contributed by atoms with Crippen LogP contribution < -0.4 is 0 Å². The molecular weight excluding hydrogens is 206 g/mol. The van der Waals surface area contributed by atoms with Gasteiger partial charge < -0.3 is 5.11 Å². The summed E-state index contributed by atoms with van der Waals surface area (Å²) < 4.78 is 1.63. The molecule has 0 aliphatic heterocycles. The first-order valence-electron chi connectivity index (χ1n) is 5.28. The minimum atomic E-state index is -0.835. The maximum Gasteiger partial charge on any atom is 0.305 e. The molecule has 90 valence electrons. The van der Waals surface area contributed by atoms with Gasteiger partial charge in [-0.15, -0.1) is 5.10 Å². The number of hydrogen-bond acceptors (Lipinski definition) is 3. The van der Waals surface area contributed by atoms with E-state index in [1.165, 1.54) is 0 Å². The van der Waals surface area contributed by atoms with E-state index in [4.69, 9.17) is 5.11 Å². The highest BCUT2D eigenvalue weighted by Gasteiger charge is 2.27. The molecule has 0 amide bonds. The fraction of sp³-hybridized carbons (Fsp3) is 0.727. The second-order valence-electron chi connectivity index (χ2n) is 5.68. The highest BCUT2D eigenvalue weighted by Crippen LogP contribution is 2.23. The molecule has 1 heterocycles. The summed E-state index contributed by atoms with van der Waals surface area (Å²) in [6.45, 7) is 9.81. The molecule has 0 saturated heterocycles. The topological polar surface area (TPSA) is 68.0 Å². The molecule has 16 heavy (non-hydrogen) atoms. The molecule has 0 spiro atoms. The van der Waals surface area contributed by atoms with Crippen molar-refractivity contribution in [1.82, 2.24) is 15.0 Å². The van der Waals surface area contributed by atoms with Gasteiger partial charge in [-0.05, 0) is 13.8 Å². The summed E-state index contributed by atoms with van der Waals surface area (Å²) in [7, 11) is 0. The molecule has 1 aromatic rings. The predicted octanol–water partition coefficient (Wildman–Crippen LogP) is 1.79. The van der Waals surface area contributed by atoms with Crippen molar-refractivity contribution < 1.29 is 9.90 Å². The van der Waals surface area contributed by atoms with Crippen LogP contribution >= 0.6 is 0 Å². The SMILES string of the molecule is CC(C)(C)c1cn(C(C)(C)CC(=O)O)nn1. The van der Waals surface area contributed by atoms with Crippen molar-refractivity contribution in [3.8, 4) is 0 Å². The molecule has 0 unspecified atom stereocenters. The van der Waals surface area contributed by atoms with Crippen LogP contribution in [0.3, 0.4) is 0 Å². The first kappa shape index (κ1) is 12.7. The summed E-state index contributed by atoms with van der Waals surface area (Å²) in [4.78, 5) is 10.7. The van der Waals surface area contributed by atoms with E-state index in [0.717, 1.165) is 5.69 Å². The summed E-state index contributed by atoms with van der Waals surface area (Å²) in [5.74, 6) is -0.835. The van der Waals surface area contributed by atoms with Crippen molar-refractivity contribution in [2.24, 2.45) is 0 Å². The normalized spacial score (nSPS) is 12.8. The van der Waals surface area contributed by atoms with E-state index in [0.29, 0.717) is 0 Å². The zero-order valence-electron chi connectivity index (χ0n) is 10.5. The third kappa shape index (κ3) is 2.81. The molecule has 0 aliphatic rings. The Labute approximate surface area is 95.5 Å². The summed E-state index contributed by atoms with van der Waals surface area (Å²) in [5, 5.41) is 16.9. The van der Waals surface area contributed by atoms with Gasteiger partial charge in [0.25, 0.3) is 0 Å². The van der Waals surface area contributed by atoms with Gasteiger partial charge in [-0.25, -0.2) is 4.68 Å². The number of carboxylic acids is 1. The smallest absolute Gasteiger partial charge is 0.305 e. The predicted molar refractivity (Wildman–Crippen MR) is 60.3 cm³/mol. The van der Waals surface area contributed by atoms with E-state index in [-0.39, 0.29) is 11.8 Å². The minimum Gasteiger partial charge on any atom is -0.481 e. The first-order valence-corrected chi connectivity index (χ1v) is 5.28. The monoisotopic (exact) mass is 225 g/mol. The molecule has 1 rings (SSSR count). The van der Waals surface area contributed by atoms with Gasteiger partial charge in [-0.2, -0.15) is 0 Å². The number of aromatic nitrogens is 3. The van der Waals surface area contributed by atoms with Gasteiger partial charge in [0.15, 0.2) is 0 Å². The number of nitrogens with zero attached hydrogens (tertiary/aromatic N) is 3. The second-order valence-corrected chi connectivity index (χ2v) is 5.68. The fourth-order valence-corrected chi connectivity index (χ4v) is 1.35. The summed E-state index contributed by atoms with van der Waals surface area (Å²) in [6.07, 6.45) is 1.85. The second kappa shape index (κ2) is 3.88. The highest BCUT2D eigenvalue weighted by atomic mass is 16.4. The van der Waals surface area contributed by atoms with E-state index in [2.05, 4.69) is 10.3 Å². The molecule has 1 aromatic heterocycles. The Morgan fingerprint density at radius 2 is 1.94 bits per heavy atom. The Morgan fingerprint density at radius 1 is 1.38 bits per heavy atom. The molecule has 0 radical (unpaired) electrons. The Bertz CT molecular complexity index is 388. The van der Waals surface area contributed by atoms with Crippen LogP contribution in [-0.4, -0.2) is 26.1 Å². The molecule has 1 N–H and O–H groups in total. The molecule has 0 aromatic carbocycles. The third-order valence-corrected chi connectivity index (χ3v) is 2.47. The molecule has 5 heteroatoms. The zero-order valence-corrected chi connectivity index (χ0v) is 10.5. The van der Waals surface area contributed by atoms with E-state index in [9.17, 15) is 4.79 Å². The zero-order chi connectivity index (χ0) is 12.6. The van der Waals surface area contributed by atoms with Crippen molar-refractivity contribution >= 4 is 5.97 Å². The summed E-state index contributed by atoms with van der Waals surface area (Å²) in [5.41, 5.74) is 0.242. The quantitative estimate of drug-likeness (QED) is 0.851. The number of aliphatic carboxylic acids is 1. The first-order chi connectivity index (χ1) is 7.13. The van der Waals surface area contributed by atoms with E-state index >= 15 is 0 Å². The lowest BCUT2D eigenvalue weighted by Gasteiger charge is -2.22. The van der Waals surface area contributed by atoms with E-state index < -0.39 is 11.5 Å². The third-order valence-electron chi connectivity index (χ3n) is 2.47. The average Bonchev–Trinajstić information content (AvgIpc) is 2.47. The van der Waals surface area contributed by atoms with E-state index in [1.54, 1.807) is 4.68 Å². The van der Waals surface area contributed by atoms with Crippen molar-refractivity contribution in [3.63, 3.8) is 0 Å². The van der Waals surface area contributed by atoms with Crippen LogP contribution in [0.5, 0.6) is 0 Å². The lowest BCUT2D eigenvalue weighted by Crippen LogP contribution is -2.30. The van der Waals surface area contributed by atoms with Crippen molar-refractivity contribution in [2.45, 2.75) is 52.0 Å². The van der Waals surface area contributed by atoms with E-state index in [1.807, 2.05) is 40.8 Å². The van der Waals surface area contributed by atoms with Gasteiger partial charge in [-0.1, -0.05) is 26.0 Å². The number of rotatable bonds is 3. The summed E-state index contributed by atoms with van der Waals surface area (Å²) in [6, 6.07) is 0. The van der Waals surface area contributed by atoms with Gasteiger partial charge in [0.05, 0.1) is 17.7 Å². The van der Waals surface area contributed by atoms with Crippen LogP contribution in [-0.2, 0) is 15.7 Å². The largest absolute Gasteiger partial charge is 0.481 e.